The lowest BCUT2D eigenvalue weighted by Crippen LogP contribution is -2.36. The molecule has 0 aliphatic carbocycles. The van der Waals surface area contributed by atoms with Crippen molar-refractivity contribution in [2.45, 2.75) is 16.6 Å². The third-order valence-corrected chi connectivity index (χ3v) is 5.72. The summed E-state index contributed by atoms with van der Waals surface area (Å²) in [5.74, 6) is 2.02. The smallest absolute Gasteiger partial charge is 0.237 e. The second-order valence-electron chi connectivity index (χ2n) is 5.35. The van der Waals surface area contributed by atoms with Gasteiger partial charge in [0.1, 0.15) is 12.3 Å². The van der Waals surface area contributed by atoms with Gasteiger partial charge in [0.15, 0.2) is 0 Å². The zero-order valence-electron chi connectivity index (χ0n) is 13.2. The van der Waals surface area contributed by atoms with Crippen molar-refractivity contribution in [2.75, 3.05) is 23.0 Å². The Labute approximate surface area is 152 Å². The Morgan fingerprint density at radius 2 is 2.20 bits per heavy atom. The van der Waals surface area contributed by atoms with E-state index in [9.17, 15) is 4.79 Å². The number of nitrogens with zero attached hydrogens (tertiary/aromatic N) is 5. The quantitative estimate of drug-likeness (QED) is 0.636. The second kappa shape index (κ2) is 7.32. The first-order valence-corrected chi connectivity index (χ1v) is 9.72. The van der Waals surface area contributed by atoms with Crippen molar-refractivity contribution in [2.24, 2.45) is 0 Å². The molecule has 0 atom stereocenters. The molecule has 0 fully saturated rings. The summed E-state index contributed by atoms with van der Waals surface area (Å²) in [5.41, 5.74) is 0.986. The lowest BCUT2D eigenvalue weighted by Gasteiger charge is -2.28. The van der Waals surface area contributed by atoms with Crippen LogP contribution in [0.4, 0.5) is 5.69 Å². The van der Waals surface area contributed by atoms with Gasteiger partial charge in [0.2, 0.25) is 11.1 Å². The average Bonchev–Trinajstić information content (AvgIpc) is 3.31. The number of amides is 1. The number of anilines is 1. The Kier molecular flexibility index (Phi) is 4.75. The number of tetrazole rings is 1. The monoisotopic (exact) mass is 373 g/mol. The molecule has 25 heavy (non-hydrogen) atoms. The first-order valence-electron chi connectivity index (χ1n) is 7.75. The van der Waals surface area contributed by atoms with Gasteiger partial charge in [-0.3, -0.25) is 4.79 Å². The Morgan fingerprint density at radius 1 is 1.28 bits per heavy atom. The number of hydrogen-bond donors (Lipinski definition) is 0. The molecule has 128 valence electrons. The van der Waals surface area contributed by atoms with Crippen LogP contribution in [0.5, 0.6) is 0 Å². The normalized spacial score (nSPS) is 13.7. The van der Waals surface area contributed by atoms with Gasteiger partial charge in [-0.05, 0) is 34.7 Å². The molecule has 1 aromatic carbocycles. The van der Waals surface area contributed by atoms with Crippen LogP contribution < -0.4 is 4.90 Å². The van der Waals surface area contributed by atoms with Gasteiger partial charge in [0.25, 0.3) is 0 Å². The van der Waals surface area contributed by atoms with Gasteiger partial charge in [0, 0.05) is 17.2 Å². The molecule has 0 saturated carbocycles. The highest BCUT2D eigenvalue weighted by Crippen LogP contribution is 2.34. The first-order chi connectivity index (χ1) is 12.3. The Morgan fingerprint density at radius 3 is 3.08 bits per heavy atom. The summed E-state index contributed by atoms with van der Waals surface area (Å²) < 4.78 is 6.95. The molecule has 1 amide bonds. The molecular formula is C16H15N5O2S2. The minimum absolute atomic E-state index is 0.0605. The van der Waals surface area contributed by atoms with E-state index >= 15 is 0 Å². The van der Waals surface area contributed by atoms with Crippen LogP contribution in [0.1, 0.15) is 5.76 Å². The van der Waals surface area contributed by atoms with Crippen molar-refractivity contribution in [1.82, 2.24) is 20.2 Å². The van der Waals surface area contributed by atoms with E-state index in [0.717, 1.165) is 28.6 Å². The Hall–Kier alpha value is -2.26. The van der Waals surface area contributed by atoms with Crippen molar-refractivity contribution in [3.63, 3.8) is 0 Å². The number of carbonyl (C=O) groups is 1. The van der Waals surface area contributed by atoms with E-state index in [-0.39, 0.29) is 11.7 Å². The van der Waals surface area contributed by atoms with Crippen LogP contribution in [0.25, 0.3) is 0 Å². The van der Waals surface area contributed by atoms with E-state index in [0.29, 0.717) is 11.7 Å². The van der Waals surface area contributed by atoms with E-state index < -0.39 is 0 Å². The first kappa shape index (κ1) is 16.2. The number of carbonyl (C=O) groups excluding carboxylic acids is 1. The molecule has 1 aliphatic rings. The van der Waals surface area contributed by atoms with Gasteiger partial charge in [0.05, 0.1) is 17.7 Å². The number of thioether (sulfide) groups is 2. The number of hydrogen-bond acceptors (Lipinski definition) is 7. The SMILES string of the molecule is O=C(CSc1nnnn1Cc1ccco1)N1CCSc2ccccc21. The molecule has 1 aliphatic heterocycles. The van der Waals surface area contributed by atoms with Gasteiger partial charge in [-0.15, -0.1) is 16.9 Å². The van der Waals surface area contributed by atoms with Crippen molar-refractivity contribution < 1.29 is 9.21 Å². The molecule has 2 aromatic heterocycles. The van der Waals surface area contributed by atoms with Crippen LogP contribution >= 0.6 is 23.5 Å². The fraction of sp³-hybridized carbons (Fsp3) is 0.250. The van der Waals surface area contributed by atoms with Crippen LogP contribution in [-0.2, 0) is 11.3 Å². The third-order valence-electron chi connectivity index (χ3n) is 3.74. The summed E-state index contributed by atoms with van der Waals surface area (Å²) >= 11 is 3.12. The zero-order valence-corrected chi connectivity index (χ0v) is 14.9. The largest absolute Gasteiger partial charge is 0.467 e. The number of rotatable bonds is 5. The molecule has 4 rings (SSSR count). The summed E-state index contributed by atoms with van der Waals surface area (Å²) in [5, 5.41) is 12.3. The molecule has 0 bridgehead atoms. The van der Waals surface area contributed by atoms with Crippen molar-refractivity contribution >= 4 is 35.1 Å². The van der Waals surface area contributed by atoms with Crippen molar-refractivity contribution in [1.29, 1.82) is 0 Å². The second-order valence-corrected chi connectivity index (χ2v) is 7.43. The zero-order chi connectivity index (χ0) is 17.1. The van der Waals surface area contributed by atoms with Crippen molar-refractivity contribution in [3.05, 3.63) is 48.4 Å². The topological polar surface area (TPSA) is 77.0 Å². The average molecular weight is 373 g/mol. The number of benzene rings is 1. The van der Waals surface area contributed by atoms with Gasteiger partial charge >= 0.3 is 0 Å². The molecule has 7 nitrogen and oxygen atoms in total. The molecule has 0 spiro atoms. The van der Waals surface area contributed by atoms with Crippen LogP contribution in [0.15, 0.2) is 57.1 Å². The van der Waals surface area contributed by atoms with Gasteiger partial charge in [-0.25, -0.2) is 4.68 Å². The number of para-hydroxylation sites is 1. The molecule has 9 heteroatoms. The lowest BCUT2D eigenvalue weighted by atomic mass is 10.3. The van der Waals surface area contributed by atoms with E-state index in [1.165, 1.54) is 11.8 Å². The standard InChI is InChI=1S/C16H15N5O2S2/c22-15(20-7-9-24-14-6-2-1-5-13(14)20)11-25-16-17-18-19-21(16)10-12-4-3-8-23-12/h1-6,8H,7,9-11H2. The van der Waals surface area contributed by atoms with Crippen molar-refractivity contribution in [3.8, 4) is 0 Å². The molecule has 0 N–H and O–H groups in total. The molecule has 0 unspecified atom stereocenters. The summed E-state index contributed by atoms with van der Waals surface area (Å²) in [6, 6.07) is 11.7. The highest BCUT2D eigenvalue weighted by atomic mass is 32.2. The van der Waals surface area contributed by atoms with E-state index in [1.54, 1.807) is 22.7 Å². The molecule has 0 radical (unpaired) electrons. The highest BCUT2D eigenvalue weighted by Gasteiger charge is 2.23. The lowest BCUT2D eigenvalue weighted by molar-refractivity contribution is -0.116. The van der Waals surface area contributed by atoms with E-state index in [2.05, 4.69) is 21.6 Å². The fourth-order valence-electron chi connectivity index (χ4n) is 2.58. The maximum absolute atomic E-state index is 12.7. The predicted molar refractivity (Wildman–Crippen MR) is 95.9 cm³/mol. The van der Waals surface area contributed by atoms with Gasteiger partial charge < -0.3 is 9.32 Å². The van der Waals surface area contributed by atoms with Crippen LogP contribution in [0, 0.1) is 0 Å². The minimum Gasteiger partial charge on any atom is -0.467 e. The van der Waals surface area contributed by atoms with E-state index in [1.807, 2.05) is 35.2 Å². The number of furan rings is 1. The Balaban J connectivity index is 1.43. The Bertz CT molecular complexity index is 865. The minimum atomic E-state index is 0.0605. The molecule has 0 saturated heterocycles. The van der Waals surface area contributed by atoms with Crippen LogP contribution in [0.3, 0.4) is 0 Å². The third kappa shape index (κ3) is 3.57. The number of aromatic nitrogens is 4. The van der Waals surface area contributed by atoms with Crippen LogP contribution in [-0.4, -0.2) is 44.2 Å². The van der Waals surface area contributed by atoms with Crippen LogP contribution in [0.2, 0.25) is 0 Å². The molecule has 3 aromatic rings. The van der Waals surface area contributed by atoms with Gasteiger partial charge in [-0.2, -0.15) is 0 Å². The summed E-state index contributed by atoms with van der Waals surface area (Å²) in [7, 11) is 0. The number of fused-ring (bicyclic) bond motifs is 1. The molecule has 3 heterocycles. The molecular weight excluding hydrogens is 358 g/mol. The highest BCUT2D eigenvalue weighted by molar-refractivity contribution is 8.00. The predicted octanol–water partition coefficient (Wildman–Crippen LogP) is 2.55. The van der Waals surface area contributed by atoms with E-state index in [4.69, 9.17) is 4.42 Å². The maximum atomic E-state index is 12.7. The maximum Gasteiger partial charge on any atom is 0.237 e. The van der Waals surface area contributed by atoms with Gasteiger partial charge in [-0.1, -0.05) is 23.9 Å². The fourth-order valence-corrected chi connectivity index (χ4v) is 4.33. The summed E-state index contributed by atoms with van der Waals surface area (Å²) in [4.78, 5) is 15.7. The summed E-state index contributed by atoms with van der Waals surface area (Å²) in [6.07, 6.45) is 1.61. The summed E-state index contributed by atoms with van der Waals surface area (Å²) in [6.45, 7) is 1.16.